The number of benzene rings is 2. The Morgan fingerprint density at radius 1 is 1.05 bits per heavy atom. The predicted molar refractivity (Wildman–Crippen MR) is 157 cm³/mol. The van der Waals surface area contributed by atoms with E-state index >= 15 is 0 Å². The Balaban J connectivity index is 1.84. The lowest BCUT2D eigenvalue weighted by Crippen LogP contribution is -2.42. The van der Waals surface area contributed by atoms with Gasteiger partial charge in [0.2, 0.25) is 0 Å². The molecule has 0 aliphatic heterocycles. The van der Waals surface area contributed by atoms with Gasteiger partial charge >= 0.3 is 5.97 Å². The van der Waals surface area contributed by atoms with Crippen LogP contribution in [0.15, 0.2) is 65.5 Å². The Kier molecular flexibility index (Phi) is 10.6. The molecule has 1 aromatic heterocycles. The SMILES string of the molecule is CCCCCC(C)N(CCn1c(CC)nc(-c2ccccc2)cc1=O)C(=O)c1ccc(OC(C)(C)C(=O)O)cc1. The van der Waals surface area contributed by atoms with Crippen molar-refractivity contribution in [2.45, 2.75) is 84.9 Å². The monoisotopic (exact) mass is 547 g/mol. The molecule has 1 unspecified atom stereocenters. The van der Waals surface area contributed by atoms with E-state index in [1.807, 2.05) is 49.1 Å². The van der Waals surface area contributed by atoms with Crippen LogP contribution in [0.25, 0.3) is 11.3 Å². The smallest absolute Gasteiger partial charge is 0.347 e. The summed E-state index contributed by atoms with van der Waals surface area (Å²) in [6, 6.07) is 17.7. The molecule has 0 spiro atoms. The molecule has 8 nitrogen and oxygen atoms in total. The second-order valence-electron chi connectivity index (χ2n) is 10.6. The molecule has 0 fully saturated rings. The third kappa shape index (κ3) is 7.81. The van der Waals surface area contributed by atoms with Gasteiger partial charge in [-0.2, -0.15) is 0 Å². The summed E-state index contributed by atoms with van der Waals surface area (Å²) in [5.41, 5.74) is 0.484. The van der Waals surface area contributed by atoms with Gasteiger partial charge in [0.05, 0.1) is 5.69 Å². The lowest BCUT2D eigenvalue weighted by Gasteiger charge is -2.30. The highest BCUT2D eigenvalue weighted by molar-refractivity contribution is 5.94. The third-order valence-corrected chi connectivity index (χ3v) is 7.05. The number of unbranched alkanes of at least 4 members (excludes halogenated alkanes) is 2. The first-order chi connectivity index (χ1) is 19.1. The van der Waals surface area contributed by atoms with Gasteiger partial charge in [-0.3, -0.25) is 14.2 Å². The minimum Gasteiger partial charge on any atom is -0.478 e. The number of rotatable bonds is 14. The van der Waals surface area contributed by atoms with Gasteiger partial charge in [0, 0.05) is 42.7 Å². The Morgan fingerprint density at radius 3 is 2.33 bits per heavy atom. The van der Waals surface area contributed by atoms with Crippen LogP contribution >= 0.6 is 0 Å². The Hall–Kier alpha value is -3.94. The molecule has 1 heterocycles. The van der Waals surface area contributed by atoms with Gasteiger partial charge in [0.15, 0.2) is 5.60 Å². The number of ether oxygens (including phenoxy) is 1. The highest BCUT2D eigenvalue weighted by Crippen LogP contribution is 2.22. The number of carbonyl (C=O) groups excluding carboxylic acids is 1. The van der Waals surface area contributed by atoms with Crippen LogP contribution in [0.1, 0.15) is 76.5 Å². The second kappa shape index (κ2) is 13.9. The number of nitrogens with zero attached hydrogens (tertiary/aromatic N) is 3. The maximum Gasteiger partial charge on any atom is 0.347 e. The fourth-order valence-electron chi connectivity index (χ4n) is 4.56. The second-order valence-corrected chi connectivity index (χ2v) is 10.6. The molecule has 1 N–H and O–H groups in total. The Morgan fingerprint density at radius 2 is 1.73 bits per heavy atom. The highest BCUT2D eigenvalue weighted by Gasteiger charge is 2.29. The van der Waals surface area contributed by atoms with Crippen molar-refractivity contribution in [3.05, 3.63) is 82.4 Å². The lowest BCUT2D eigenvalue weighted by molar-refractivity contribution is -0.152. The zero-order chi connectivity index (χ0) is 29.3. The molecule has 0 aliphatic carbocycles. The number of hydrogen-bond donors (Lipinski definition) is 1. The summed E-state index contributed by atoms with van der Waals surface area (Å²) in [4.78, 5) is 44.9. The molecular weight excluding hydrogens is 506 g/mol. The maximum atomic E-state index is 13.7. The molecule has 0 radical (unpaired) electrons. The van der Waals surface area contributed by atoms with Gasteiger partial charge in [-0.1, -0.05) is 63.4 Å². The zero-order valence-electron chi connectivity index (χ0n) is 24.2. The molecular formula is C32H41N3O5. The van der Waals surface area contributed by atoms with Gasteiger partial charge in [-0.25, -0.2) is 9.78 Å². The van der Waals surface area contributed by atoms with Crippen molar-refractivity contribution in [2.75, 3.05) is 6.54 Å². The lowest BCUT2D eigenvalue weighted by atomic mass is 10.1. The molecule has 0 saturated carbocycles. The quantitative estimate of drug-likeness (QED) is 0.255. The number of aromatic nitrogens is 2. The topological polar surface area (TPSA) is 102 Å². The third-order valence-electron chi connectivity index (χ3n) is 7.05. The summed E-state index contributed by atoms with van der Waals surface area (Å²) in [6.45, 7) is 9.80. The summed E-state index contributed by atoms with van der Waals surface area (Å²) in [5, 5.41) is 9.34. The maximum absolute atomic E-state index is 13.7. The summed E-state index contributed by atoms with van der Waals surface area (Å²) < 4.78 is 7.25. The molecule has 3 rings (SSSR count). The largest absolute Gasteiger partial charge is 0.478 e. The van der Waals surface area contributed by atoms with Crippen molar-refractivity contribution in [1.29, 1.82) is 0 Å². The van der Waals surface area contributed by atoms with Crippen LogP contribution in [0.5, 0.6) is 5.75 Å². The molecule has 1 atom stereocenters. The average molecular weight is 548 g/mol. The van der Waals surface area contributed by atoms with E-state index in [0.717, 1.165) is 31.2 Å². The number of aliphatic carboxylic acids is 1. The molecule has 40 heavy (non-hydrogen) atoms. The van der Waals surface area contributed by atoms with Crippen LogP contribution in [0.3, 0.4) is 0 Å². The average Bonchev–Trinajstić information content (AvgIpc) is 2.94. The predicted octanol–water partition coefficient (Wildman–Crippen LogP) is 5.83. The molecule has 0 aliphatic rings. The fourth-order valence-corrected chi connectivity index (χ4v) is 4.56. The van der Waals surface area contributed by atoms with Crippen molar-refractivity contribution in [3.8, 4) is 17.0 Å². The molecule has 8 heteroatoms. The number of aryl methyl sites for hydroxylation is 1. The van der Waals surface area contributed by atoms with E-state index < -0.39 is 11.6 Å². The number of carbonyl (C=O) groups is 2. The number of amides is 1. The van der Waals surface area contributed by atoms with Gasteiger partial charge in [0.1, 0.15) is 11.6 Å². The normalized spacial score (nSPS) is 12.1. The van der Waals surface area contributed by atoms with Gasteiger partial charge in [-0.05, 0) is 51.5 Å². The van der Waals surface area contributed by atoms with Crippen LogP contribution in [0, 0.1) is 0 Å². The van der Waals surface area contributed by atoms with E-state index in [1.165, 1.54) is 13.8 Å². The number of hydrogen-bond acceptors (Lipinski definition) is 5. The van der Waals surface area contributed by atoms with E-state index in [1.54, 1.807) is 34.9 Å². The minimum absolute atomic E-state index is 0.0294. The van der Waals surface area contributed by atoms with Gasteiger partial charge in [-0.15, -0.1) is 0 Å². The van der Waals surface area contributed by atoms with Crippen LogP contribution in [-0.4, -0.2) is 49.6 Å². The van der Waals surface area contributed by atoms with Crippen LogP contribution < -0.4 is 10.3 Å². The van der Waals surface area contributed by atoms with E-state index in [2.05, 4.69) is 6.92 Å². The standard InChI is InChI=1S/C32H41N3O5/c1-6-8-10-13-23(3)34(30(37)25-16-18-26(19-17-25)40-32(4,5)31(38)39)20-21-35-28(7-2)33-27(22-29(35)36)24-14-11-9-12-15-24/h9,11-12,14-19,22-23H,6-8,10,13,20-21H2,1-5H3,(H,38,39). The summed E-state index contributed by atoms with van der Waals surface area (Å²) >= 11 is 0. The van der Waals surface area contributed by atoms with E-state index in [4.69, 9.17) is 9.72 Å². The van der Waals surface area contributed by atoms with E-state index in [-0.39, 0.29) is 17.5 Å². The first kappa shape index (κ1) is 30.6. The Labute approximate surface area is 236 Å². The van der Waals surface area contributed by atoms with Crippen LogP contribution in [0.2, 0.25) is 0 Å². The molecule has 1 amide bonds. The van der Waals surface area contributed by atoms with Crippen LogP contribution in [0.4, 0.5) is 0 Å². The van der Waals surface area contributed by atoms with Crippen molar-refractivity contribution >= 4 is 11.9 Å². The summed E-state index contributed by atoms with van der Waals surface area (Å²) in [6.07, 6.45) is 4.62. The number of carboxylic acid groups (broad SMARTS) is 1. The van der Waals surface area contributed by atoms with E-state index in [9.17, 15) is 19.5 Å². The van der Waals surface area contributed by atoms with Crippen molar-refractivity contribution in [2.24, 2.45) is 0 Å². The molecule has 3 aromatic rings. The molecule has 0 bridgehead atoms. The van der Waals surface area contributed by atoms with E-state index in [0.29, 0.717) is 42.3 Å². The number of carboxylic acids is 1. The molecule has 0 saturated heterocycles. The summed E-state index contributed by atoms with van der Waals surface area (Å²) in [7, 11) is 0. The molecule has 2 aromatic carbocycles. The van der Waals surface area contributed by atoms with Gasteiger partial charge in [0.25, 0.3) is 11.5 Å². The van der Waals surface area contributed by atoms with Crippen molar-refractivity contribution in [3.63, 3.8) is 0 Å². The first-order valence-electron chi connectivity index (χ1n) is 14.1. The fraction of sp³-hybridized carbons (Fsp3) is 0.438. The van der Waals surface area contributed by atoms with Gasteiger partial charge < -0.3 is 14.7 Å². The van der Waals surface area contributed by atoms with Crippen molar-refractivity contribution in [1.82, 2.24) is 14.5 Å². The van der Waals surface area contributed by atoms with Crippen LogP contribution in [-0.2, 0) is 17.8 Å². The summed E-state index contributed by atoms with van der Waals surface area (Å²) in [5.74, 6) is -0.170. The molecule has 214 valence electrons. The first-order valence-corrected chi connectivity index (χ1v) is 14.1. The van der Waals surface area contributed by atoms with Crippen molar-refractivity contribution < 1.29 is 19.4 Å². The zero-order valence-corrected chi connectivity index (χ0v) is 24.2. The Bertz CT molecular complexity index is 1330. The minimum atomic E-state index is -1.39. The highest BCUT2D eigenvalue weighted by atomic mass is 16.5.